The van der Waals surface area contributed by atoms with Crippen molar-refractivity contribution in [1.29, 1.82) is 0 Å². The number of halogens is 1. The van der Waals surface area contributed by atoms with Gasteiger partial charge in [-0.25, -0.2) is 0 Å². The molecule has 1 saturated carbocycles. The average Bonchev–Trinajstić information content (AvgIpc) is 2.68. The fourth-order valence-corrected chi connectivity index (χ4v) is 4.26. The number of nitrogens with two attached hydrogens (primary N) is 2. The van der Waals surface area contributed by atoms with Crippen LogP contribution in [-0.2, 0) is 5.54 Å². The van der Waals surface area contributed by atoms with E-state index in [1.807, 2.05) is 18.2 Å². The highest BCUT2D eigenvalue weighted by Crippen LogP contribution is 2.40. The second kappa shape index (κ2) is 9.42. The monoisotopic (exact) mass is 417 g/mol. The topological polar surface area (TPSA) is 105 Å². The summed E-state index contributed by atoms with van der Waals surface area (Å²) < 4.78 is 6.04. The lowest BCUT2D eigenvalue weighted by Crippen LogP contribution is -2.34. The number of fused-ring (bicyclic) bond motifs is 1. The van der Waals surface area contributed by atoms with E-state index in [0.717, 1.165) is 34.9 Å². The van der Waals surface area contributed by atoms with Gasteiger partial charge in [0.25, 0.3) is 0 Å². The van der Waals surface area contributed by atoms with Gasteiger partial charge in [-0.15, -0.1) is 12.4 Å². The molecule has 1 aliphatic carbocycles. The van der Waals surface area contributed by atoms with Crippen molar-refractivity contribution in [3.63, 3.8) is 0 Å². The summed E-state index contributed by atoms with van der Waals surface area (Å²) in [5.41, 5.74) is 16.5. The number of nitrogen functional groups attached to an aromatic ring is 1. The summed E-state index contributed by atoms with van der Waals surface area (Å²) in [6.07, 6.45) is 8.72. The Labute approximate surface area is 179 Å². The van der Waals surface area contributed by atoms with Crippen LogP contribution in [0.2, 0.25) is 0 Å². The molecule has 0 bridgehead atoms. The van der Waals surface area contributed by atoms with Gasteiger partial charge in [0.05, 0.1) is 23.5 Å². The number of hydrogen-bond acceptors (Lipinski definition) is 4. The van der Waals surface area contributed by atoms with Crippen LogP contribution >= 0.6 is 12.4 Å². The van der Waals surface area contributed by atoms with Gasteiger partial charge in [0.1, 0.15) is 5.75 Å². The molecule has 4 rings (SSSR count). The second-order valence-electron chi connectivity index (χ2n) is 8.04. The first-order valence-electron chi connectivity index (χ1n) is 9.94. The number of benzene rings is 2. The minimum absolute atomic E-state index is 0. The zero-order valence-electron chi connectivity index (χ0n) is 16.9. The molecule has 6 heteroatoms. The SMILES string of the molecule is CC1(c2ccc(OCC3CCCCC3)cc2)C=C(N)c2cccc(N)c2N1.Cl.O. The van der Waals surface area contributed by atoms with Crippen LogP contribution in [0.1, 0.15) is 50.2 Å². The lowest BCUT2D eigenvalue weighted by molar-refractivity contribution is 0.209. The van der Waals surface area contributed by atoms with Gasteiger partial charge in [-0.05, 0) is 55.5 Å². The molecule has 2 aliphatic rings. The Morgan fingerprint density at radius 3 is 2.41 bits per heavy atom. The summed E-state index contributed by atoms with van der Waals surface area (Å²) in [6, 6.07) is 14.1. The van der Waals surface area contributed by atoms with Crippen molar-refractivity contribution in [1.82, 2.24) is 0 Å². The van der Waals surface area contributed by atoms with Crippen molar-refractivity contribution in [2.45, 2.75) is 44.6 Å². The third-order valence-corrected chi connectivity index (χ3v) is 5.90. The third kappa shape index (κ3) is 4.80. The molecule has 1 atom stereocenters. The molecule has 1 heterocycles. The molecule has 0 spiro atoms. The smallest absolute Gasteiger partial charge is 0.119 e. The molecule has 0 saturated heterocycles. The number of anilines is 2. The molecule has 29 heavy (non-hydrogen) atoms. The fraction of sp³-hybridized carbons (Fsp3) is 0.391. The van der Waals surface area contributed by atoms with Gasteiger partial charge in [0.2, 0.25) is 0 Å². The van der Waals surface area contributed by atoms with E-state index in [9.17, 15) is 0 Å². The van der Waals surface area contributed by atoms with Crippen LogP contribution in [0, 0.1) is 5.92 Å². The molecule has 2 aromatic rings. The van der Waals surface area contributed by atoms with E-state index in [-0.39, 0.29) is 17.9 Å². The highest BCUT2D eigenvalue weighted by atomic mass is 35.5. The predicted octanol–water partition coefficient (Wildman–Crippen LogP) is 4.47. The highest BCUT2D eigenvalue weighted by Gasteiger charge is 2.30. The molecule has 5 nitrogen and oxygen atoms in total. The zero-order chi connectivity index (χ0) is 18.9. The van der Waals surface area contributed by atoms with E-state index in [1.54, 1.807) is 0 Å². The molecule has 0 radical (unpaired) electrons. The van der Waals surface area contributed by atoms with Gasteiger partial charge in [0, 0.05) is 11.3 Å². The predicted molar refractivity (Wildman–Crippen MR) is 123 cm³/mol. The van der Waals surface area contributed by atoms with Gasteiger partial charge in [-0.1, -0.05) is 43.5 Å². The Kier molecular flexibility index (Phi) is 7.44. The lowest BCUT2D eigenvalue weighted by atomic mass is 9.86. The van der Waals surface area contributed by atoms with Crippen LogP contribution < -0.4 is 21.5 Å². The van der Waals surface area contributed by atoms with E-state index in [2.05, 4.69) is 42.6 Å². The van der Waals surface area contributed by atoms with Gasteiger partial charge in [-0.2, -0.15) is 0 Å². The summed E-state index contributed by atoms with van der Waals surface area (Å²) in [4.78, 5) is 0. The molecule has 1 fully saturated rings. The molecule has 2 aromatic carbocycles. The maximum Gasteiger partial charge on any atom is 0.119 e. The number of ether oxygens (including phenoxy) is 1. The second-order valence-corrected chi connectivity index (χ2v) is 8.04. The summed E-state index contributed by atoms with van der Waals surface area (Å²) in [6.45, 7) is 2.94. The Balaban J connectivity index is 0.00000150. The van der Waals surface area contributed by atoms with Crippen LogP contribution in [0.5, 0.6) is 5.75 Å². The van der Waals surface area contributed by atoms with Gasteiger partial charge >= 0.3 is 0 Å². The molecular weight excluding hydrogens is 386 g/mol. The standard InChI is InChI=1S/C23H29N3O.ClH.H2O/c1-23(14-21(25)19-8-5-9-20(24)22(19)26-23)17-10-12-18(13-11-17)27-15-16-6-3-2-4-7-16;;/h5,8-14,16,26H,2-4,6-7,15,24-25H2,1H3;1H;1H2. The van der Waals surface area contributed by atoms with E-state index >= 15 is 0 Å². The first kappa shape index (κ1) is 22.9. The maximum absolute atomic E-state index is 6.33. The normalized spacial score (nSPS) is 20.9. The summed E-state index contributed by atoms with van der Waals surface area (Å²) in [5.74, 6) is 1.64. The van der Waals surface area contributed by atoms with Crippen LogP contribution in [0.4, 0.5) is 11.4 Å². The Bertz CT molecular complexity index is 848. The van der Waals surface area contributed by atoms with Crippen molar-refractivity contribution >= 4 is 29.5 Å². The average molecular weight is 418 g/mol. The van der Waals surface area contributed by atoms with Crippen LogP contribution in [0.25, 0.3) is 5.70 Å². The first-order valence-corrected chi connectivity index (χ1v) is 9.94. The molecule has 0 aromatic heterocycles. The van der Waals surface area contributed by atoms with E-state index in [4.69, 9.17) is 16.2 Å². The first-order chi connectivity index (χ1) is 13.0. The minimum atomic E-state index is -0.408. The van der Waals surface area contributed by atoms with E-state index in [0.29, 0.717) is 11.6 Å². The molecule has 7 N–H and O–H groups in total. The number of nitrogens with one attached hydrogen (secondary N) is 1. The fourth-order valence-electron chi connectivity index (χ4n) is 4.26. The summed E-state index contributed by atoms with van der Waals surface area (Å²) in [7, 11) is 0. The van der Waals surface area contributed by atoms with Crippen molar-refractivity contribution in [3.05, 3.63) is 59.7 Å². The van der Waals surface area contributed by atoms with Crippen molar-refractivity contribution in [2.75, 3.05) is 17.7 Å². The van der Waals surface area contributed by atoms with Crippen LogP contribution in [0.3, 0.4) is 0 Å². The number of hydrogen-bond donors (Lipinski definition) is 3. The molecule has 0 amide bonds. The van der Waals surface area contributed by atoms with Crippen molar-refractivity contribution in [2.24, 2.45) is 11.7 Å². The third-order valence-electron chi connectivity index (χ3n) is 5.90. The molecular formula is C23H32ClN3O2. The summed E-state index contributed by atoms with van der Waals surface area (Å²) in [5, 5.41) is 3.57. The highest BCUT2D eigenvalue weighted by molar-refractivity contribution is 5.87. The van der Waals surface area contributed by atoms with Gasteiger partial charge in [0.15, 0.2) is 0 Å². The van der Waals surface area contributed by atoms with Gasteiger partial charge in [-0.3, -0.25) is 0 Å². The minimum Gasteiger partial charge on any atom is -0.493 e. The zero-order valence-corrected chi connectivity index (χ0v) is 17.7. The van der Waals surface area contributed by atoms with Crippen molar-refractivity contribution < 1.29 is 10.2 Å². The number of rotatable bonds is 4. The lowest BCUT2D eigenvalue weighted by Gasteiger charge is -2.35. The van der Waals surface area contributed by atoms with Crippen LogP contribution in [-0.4, -0.2) is 12.1 Å². The largest absolute Gasteiger partial charge is 0.493 e. The Hall–Kier alpha value is -2.37. The van der Waals surface area contributed by atoms with E-state index < -0.39 is 5.54 Å². The van der Waals surface area contributed by atoms with Crippen molar-refractivity contribution in [3.8, 4) is 5.75 Å². The van der Waals surface area contributed by atoms with E-state index in [1.165, 1.54) is 32.1 Å². The Morgan fingerprint density at radius 2 is 1.72 bits per heavy atom. The Morgan fingerprint density at radius 1 is 1.03 bits per heavy atom. The number of para-hydroxylation sites is 1. The molecule has 1 unspecified atom stereocenters. The molecule has 158 valence electrons. The maximum atomic E-state index is 6.33. The molecule has 1 aliphatic heterocycles. The quantitative estimate of drug-likeness (QED) is 0.638. The van der Waals surface area contributed by atoms with Crippen LogP contribution in [0.15, 0.2) is 48.5 Å². The summed E-state index contributed by atoms with van der Waals surface area (Å²) >= 11 is 0. The van der Waals surface area contributed by atoms with Gasteiger partial charge < -0.3 is 27.0 Å².